The van der Waals surface area contributed by atoms with Crippen LogP contribution in [0.2, 0.25) is 0 Å². The Balaban J connectivity index is -0.000000367. The number of sulfone groups is 6. The van der Waals surface area contributed by atoms with E-state index in [1.807, 2.05) is 0 Å². The molecule has 0 spiro atoms. The van der Waals surface area contributed by atoms with E-state index in [-0.39, 0.29) is 24.0 Å². The molecule has 0 N–H and O–H groups in total. The molecule has 38 heteroatoms. The summed E-state index contributed by atoms with van der Waals surface area (Å²) in [6, 6.07) is 0. The zero-order chi connectivity index (χ0) is 37.2. The predicted octanol–water partition coefficient (Wildman–Crippen LogP) is 2.03. The number of hydrogen-bond acceptors (Lipinski definition) is 12. The number of hydrogen-bond donors (Lipinski definition) is 0. The summed E-state index contributed by atoms with van der Waals surface area (Å²) in [5.41, 5.74) is -42.1. The van der Waals surface area contributed by atoms with Crippen molar-refractivity contribution >= 4 is 59.0 Å². The van der Waals surface area contributed by atoms with Gasteiger partial charge in [0.2, 0.25) is 0 Å². The van der Waals surface area contributed by atoms with Gasteiger partial charge in [0.05, 0.1) is 0 Å². The first-order chi connectivity index (χ1) is 18.2. The average molecular weight is 891 g/mol. The van der Waals surface area contributed by atoms with Crippen molar-refractivity contribution < 1.29 is 154 Å². The monoisotopic (exact) mass is 891 g/mol. The second kappa shape index (κ2) is 13.7. The van der Waals surface area contributed by atoms with Gasteiger partial charge in [0.1, 0.15) is 0 Å². The fourth-order valence-electron chi connectivity index (χ4n) is 1.66. The normalized spacial score (nSPS) is 15.4. The van der Waals surface area contributed by atoms with Crippen LogP contribution in [-0.4, -0.2) is 91.4 Å². The number of rotatable bonds is 6. The smallest absolute Gasteiger partial charge is 2.00 e. The van der Waals surface area contributed by atoms with Gasteiger partial charge in [0.25, 0.3) is 66.9 Å². The van der Waals surface area contributed by atoms with Crippen molar-refractivity contribution in [1.29, 1.82) is 0 Å². The molecule has 0 bridgehead atoms. The maximum atomic E-state index is 12.1. The molecule has 0 aliphatic heterocycles. The van der Waals surface area contributed by atoms with E-state index in [4.69, 9.17) is 0 Å². The van der Waals surface area contributed by atoms with Crippen molar-refractivity contribution in [2.45, 2.75) is 40.9 Å². The minimum Gasteiger partial charge on any atom is -2.00 e. The molecule has 0 aromatic carbocycles. The topological polar surface area (TPSA) is 233 Å². The van der Waals surface area contributed by atoms with Crippen molar-refractivity contribution in [2.75, 3.05) is 0 Å². The molecule has 13 nitrogen and oxygen atoms in total. The van der Waals surface area contributed by atoms with E-state index < -0.39 is 99.9 Å². The molecular weight excluding hydrogens is 889 g/mol. The Labute approximate surface area is 253 Å². The Morgan fingerprint density at radius 3 is 0.370 bits per heavy atom. The van der Waals surface area contributed by atoms with E-state index in [0.29, 0.717) is 0 Å². The van der Waals surface area contributed by atoms with Crippen molar-refractivity contribution in [3.8, 4) is 0 Å². The van der Waals surface area contributed by atoms with Crippen molar-refractivity contribution in [1.82, 2.24) is 0 Å². The van der Waals surface area contributed by atoms with E-state index in [1.54, 1.807) is 0 Å². The van der Waals surface area contributed by atoms with Gasteiger partial charge < -0.3 is 5.48 Å². The first kappa shape index (κ1) is 51.8. The molecule has 46 heavy (non-hydrogen) atoms. The summed E-state index contributed by atoms with van der Waals surface area (Å²) in [6.45, 7) is 0. The zero-order valence-corrected chi connectivity index (χ0v) is 25.5. The minimum atomic E-state index is -7.94. The summed E-state index contributed by atoms with van der Waals surface area (Å²) in [5.74, 6) is 0. The number of alkyl halides is 18. The second-order valence-electron chi connectivity index (χ2n) is 6.52. The Kier molecular flexibility index (Phi) is 15.4. The molecule has 0 unspecified atom stereocenters. The van der Waals surface area contributed by atoms with Crippen molar-refractivity contribution in [3.05, 3.63) is 0 Å². The van der Waals surface area contributed by atoms with E-state index in [1.165, 1.54) is 0 Å². The van der Waals surface area contributed by atoms with Crippen LogP contribution in [-0.2, 0) is 83.1 Å². The molecule has 0 aliphatic rings. The van der Waals surface area contributed by atoms with Crippen LogP contribution in [0.15, 0.2) is 0 Å². The van der Waals surface area contributed by atoms with Gasteiger partial charge in [0.15, 0.2) is 0 Å². The third-order valence-electron chi connectivity index (χ3n) is 3.46. The van der Waals surface area contributed by atoms with Crippen molar-refractivity contribution in [2.24, 2.45) is 0 Å². The molecule has 0 aromatic heterocycles. The molecule has 1 radical (unpaired) electrons. The van der Waals surface area contributed by atoms with Crippen LogP contribution >= 0.6 is 0 Å². The molecule has 0 aromatic rings. The molecule has 0 saturated carbocycles. The van der Waals surface area contributed by atoms with E-state index in [0.717, 1.165) is 0 Å². The van der Waals surface area contributed by atoms with Gasteiger partial charge in [-0.05, 0) is 0 Å². The van der Waals surface area contributed by atoms with Gasteiger partial charge in [-0.15, -0.1) is 0 Å². The molecule has 0 saturated heterocycles. The Bertz CT molecular complexity index is 1400. The molecule has 0 atom stereocenters. The van der Waals surface area contributed by atoms with Gasteiger partial charge in [-0.2, -0.15) is 79.0 Å². The van der Waals surface area contributed by atoms with Gasteiger partial charge >= 0.3 is 51.6 Å². The molecule has 0 heterocycles. The zero-order valence-electron chi connectivity index (χ0n) is 19.2. The quantitative estimate of drug-likeness (QED) is 0.349. The van der Waals surface area contributed by atoms with Crippen LogP contribution in [0, 0.1) is 0 Å². The summed E-state index contributed by atoms with van der Waals surface area (Å²) in [7, 11) is -47.6. The first-order valence-electron chi connectivity index (χ1n) is 8.04. The van der Waals surface area contributed by atoms with Crippen LogP contribution in [0.25, 0.3) is 0 Å². The van der Waals surface area contributed by atoms with E-state index in [9.17, 15) is 130 Å². The van der Waals surface area contributed by atoms with Crippen LogP contribution in [0.5, 0.6) is 0 Å². The fourth-order valence-corrected chi connectivity index (χ4v) is 14.9. The van der Waals surface area contributed by atoms with Crippen molar-refractivity contribution in [3.63, 3.8) is 0 Å². The maximum Gasteiger partial charge on any atom is 4.00 e. The van der Waals surface area contributed by atoms with Gasteiger partial charge in [-0.1, -0.05) is 0 Å². The molecule has 277 valence electrons. The van der Waals surface area contributed by atoms with Crippen LogP contribution in [0.3, 0.4) is 0 Å². The second-order valence-corrected chi connectivity index (χ2v) is 20.5. The third-order valence-corrected chi connectivity index (χ3v) is 19.5. The van der Waals surface area contributed by atoms with Crippen LogP contribution in [0.4, 0.5) is 79.0 Å². The summed E-state index contributed by atoms with van der Waals surface area (Å²) < 4.78 is 333. The largest absolute Gasteiger partial charge is 4.00 e. The Hall–Kier alpha value is -1.02. The molecule has 0 amide bonds. The average Bonchev–Trinajstić information content (AvgIpc) is 2.61. The molecular formula is C8H2F18O13S6V+2. The summed E-state index contributed by atoms with van der Waals surface area (Å²) in [4.78, 5) is 0. The molecule has 0 rings (SSSR count). The van der Waals surface area contributed by atoms with Crippen LogP contribution < -0.4 is 0 Å². The SMILES string of the molecule is O=S(=O)(C(S(=O)(=O)C(F)(F)F)S(=O)(=O)C(F)(F)F)C(F)(F)F.O=S(=O)(C(S(=O)(=O)C(F)(F)F)S(=O)(=O)C(F)(F)F)C(F)(F)F.[O-2].[V+4]. The number of halogens is 18. The maximum absolute atomic E-state index is 12.1. The Morgan fingerprint density at radius 2 is 0.326 bits per heavy atom. The Morgan fingerprint density at radius 1 is 0.261 bits per heavy atom. The summed E-state index contributed by atoms with van der Waals surface area (Å²) >= 11 is 0. The fraction of sp³-hybridized carbons (Fsp3) is 1.00. The van der Waals surface area contributed by atoms with Gasteiger partial charge in [0, 0.05) is 0 Å². The molecule has 0 aliphatic carbocycles. The first-order valence-corrected chi connectivity index (χ1v) is 17.3. The van der Waals surface area contributed by atoms with Crippen LogP contribution in [0.1, 0.15) is 0 Å². The predicted molar refractivity (Wildman–Crippen MR) is 98.1 cm³/mol. The van der Waals surface area contributed by atoms with Gasteiger partial charge in [-0.3, -0.25) is 0 Å². The van der Waals surface area contributed by atoms with E-state index >= 15 is 0 Å². The van der Waals surface area contributed by atoms with Gasteiger partial charge in [-0.25, -0.2) is 50.5 Å². The van der Waals surface area contributed by atoms with E-state index in [2.05, 4.69) is 0 Å². The third kappa shape index (κ3) is 9.57. The molecule has 0 fully saturated rings. The summed E-state index contributed by atoms with van der Waals surface area (Å²) in [6.07, 6.45) is 0. The summed E-state index contributed by atoms with van der Waals surface area (Å²) in [5, 5.41) is 0. The standard InChI is InChI=1S/2C4HF9O6S3.O.V/c2*5-2(6,7)20(14,15)1(21(16,17)3(8,9)10)22(18,19)4(11,12)13;;/h2*1H;;/q;;-2;+4. The minimum absolute atomic E-state index is 0.